The van der Waals surface area contributed by atoms with E-state index < -0.39 is 30.0 Å². The Morgan fingerprint density at radius 1 is 1.08 bits per heavy atom. The summed E-state index contributed by atoms with van der Waals surface area (Å²) in [6, 6.07) is 16.1. The van der Waals surface area contributed by atoms with Gasteiger partial charge < -0.3 is 20.0 Å². The van der Waals surface area contributed by atoms with Gasteiger partial charge in [0.15, 0.2) is 0 Å². The highest BCUT2D eigenvalue weighted by Gasteiger charge is 2.40. The predicted molar refractivity (Wildman–Crippen MR) is 133 cm³/mol. The average molecular weight is 501 g/mol. The molecule has 1 aliphatic heterocycles. The van der Waals surface area contributed by atoms with E-state index >= 15 is 0 Å². The summed E-state index contributed by atoms with van der Waals surface area (Å²) in [5.41, 5.74) is 0.691. The lowest BCUT2D eigenvalue weighted by Gasteiger charge is -2.23. The van der Waals surface area contributed by atoms with E-state index in [1.165, 1.54) is 30.3 Å². The molecule has 2 aromatic rings. The Kier molecular flexibility index (Phi) is 9.58. The van der Waals surface area contributed by atoms with E-state index in [0.717, 1.165) is 24.5 Å². The smallest absolute Gasteiger partial charge is 0.320 e. The molecule has 2 amide bonds. The van der Waals surface area contributed by atoms with Gasteiger partial charge in [0.05, 0.1) is 12.0 Å². The van der Waals surface area contributed by atoms with E-state index in [1.807, 2.05) is 30.3 Å². The molecule has 2 N–H and O–H groups in total. The van der Waals surface area contributed by atoms with Gasteiger partial charge in [-0.2, -0.15) is 8.78 Å². The first kappa shape index (κ1) is 27.3. The van der Waals surface area contributed by atoms with E-state index in [2.05, 4.69) is 0 Å². The topological polar surface area (TPSA) is 81.1 Å². The Labute approximate surface area is 210 Å². The number of unbranched alkanes of at least 4 members (excludes halogenated alkanes) is 2. The van der Waals surface area contributed by atoms with Crippen molar-refractivity contribution in [3.8, 4) is 0 Å². The van der Waals surface area contributed by atoms with Gasteiger partial charge in [-0.1, -0.05) is 92.6 Å². The summed E-state index contributed by atoms with van der Waals surface area (Å²) < 4.78 is 29.5. The van der Waals surface area contributed by atoms with Crippen molar-refractivity contribution in [3.63, 3.8) is 0 Å². The molecule has 0 saturated carbocycles. The molecule has 0 bridgehead atoms. The molecule has 0 aliphatic carbocycles. The van der Waals surface area contributed by atoms with E-state index in [9.17, 15) is 23.5 Å². The Morgan fingerprint density at radius 2 is 1.72 bits per heavy atom. The van der Waals surface area contributed by atoms with Crippen LogP contribution in [-0.2, 0) is 17.3 Å². The van der Waals surface area contributed by atoms with E-state index in [-0.39, 0.29) is 11.6 Å². The molecule has 2 aromatic carbocycles. The van der Waals surface area contributed by atoms with Crippen molar-refractivity contribution in [2.24, 2.45) is 5.92 Å². The quantitative estimate of drug-likeness (QED) is 0.290. The van der Waals surface area contributed by atoms with Crippen molar-refractivity contribution < 1.29 is 28.6 Å². The van der Waals surface area contributed by atoms with Crippen LogP contribution in [-0.4, -0.2) is 57.2 Å². The van der Waals surface area contributed by atoms with Crippen molar-refractivity contribution in [2.75, 3.05) is 13.1 Å². The zero-order chi connectivity index (χ0) is 26.1. The summed E-state index contributed by atoms with van der Waals surface area (Å²) in [6.45, 7) is 2.82. The summed E-state index contributed by atoms with van der Waals surface area (Å²) in [6.07, 6.45) is 3.27. The summed E-state index contributed by atoms with van der Waals surface area (Å²) in [5.74, 6) is -4.70. The number of carboxylic acids is 1. The van der Waals surface area contributed by atoms with E-state index in [1.54, 1.807) is 22.8 Å². The standard InChI is InChI=1S/C28H34F2N2O4/c1-21(26(34)35)11-5-4-10-18-32-24(20-31(27(32)36)19-22-12-6-2-7-13-22)16-17-25(33)28(29,30)23-14-8-3-9-15-23/h2-3,6-9,12-17,21,24-25,33H,4-5,10-11,18-20H2,1H3,(H,34,35)/t21?,24-,25?/m0/s1. The van der Waals surface area contributed by atoms with E-state index in [4.69, 9.17) is 5.11 Å². The number of halogens is 2. The minimum Gasteiger partial charge on any atom is -0.481 e. The summed E-state index contributed by atoms with van der Waals surface area (Å²) in [7, 11) is 0. The second-order valence-electron chi connectivity index (χ2n) is 9.32. The number of rotatable bonds is 13. The number of nitrogens with zero attached hydrogens (tertiary/aromatic N) is 2. The first-order valence-corrected chi connectivity index (χ1v) is 12.3. The number of hydrogen-bond donors (Lipinski definition) is 2. The highest BCUT2D eigenvalue weighted by Crippen LogP contribution is 2.32. The molecule has 1 saturated heterocycles. The number of carbonyl (C=O) groups excluding carboxylic acids is 1. The van der Waals surface area contributed by atoms with Crippen molar-refractivity contribution in [1.29, 1.82) is 0 Å². The lowest BCUT2D eigenvalue weighted by atomic mass is 10.0. The normalized spacial score (nSPS) is 18.1. The fraction of sp³-hybridized carbons (Fsp3) is 0.429. The second-order valence-corrected chi connectivity index (χ2v) is 9.32. The van der Waals surface area contributed by atoms with Gasteiger partial charge in [0.25, 0.3) is 0 Å². The molecule has 0 aromatic heterocycles. The van der Waals surface area contributed by atoms with Gasteiger partial charge in [-0.05, 0) is 18.4 Å². The molecule has 0 spiro atoms. The average Bonchev–Trinajstić information content (AvgIpc) is 3.17. The molecule has 1 fully saturated rings. The molecule has 194 valence electrons. The van der Waals surface area contributed by atoms with Gasteiger partial charge in [0.1, 0.15) is 6.10 Å². The summed E-state index contributed by atoms with van der Waals surface area (Å²) in [4.78, 5) is 27.5. The number of amides is 2. The van der Waals surface area contributed by atoms with Gasteiger partial charge in [-0.25, -0.2) is 4.79 Å². The van der Waals surface area contributed by atoms with Crippen LogP contribution in [0.25, 0.3) is 0 Å². The second kappa shape index (κ2) is 12.6. The van der Waals surface area contributed by atoms with Gasteiger partial charge in [0.2, 0.25) is 0 Å². The Morgan fingerprint density at radius 3 is 2.36 bits per heavy atom. The van der Waals surface area contributed by atoms with Crippen molar-refractivity contribution >= 4 is 12.0 Å². The third-order valence-electron chi connectivity index (χ3n) is 6.54. The molecule has 2 unspecified atom stereocenters. The van der Waals surface area contributed by atoms with Crippen LogP contribution in [0.1, 0.15) is 43.7 Å². The molecule has 3 rings (SSSR count). The van der Waals surface area contributed by atoms with Crippen molar-refractivity contribution in [1.82, 2.24) is 9.80 Å². The number of carboxylic acid groups (broad SMARTS) is 1. The van der Waals surface area contributed by atoms with Gasteiger partial charge in [-0.3, -0.25) is 4.79 Å². The van der Waals surface area contributed by atoms with E-state index in [0.29, 0.717) is 32.5 Å². The van der Waals surface area contributed by atoms with Crippen LogP contribution in [0.4, 0.5) is 13.6 Å². The fourth-order valence-electron chi connectivity index (χ4n) is 4.31. The number of carbonyl (C=O) groups is 2. The third kappa shape index (κ3) is 7.13. The van der Waals surface area contributed by atoms with Crippen LogP contribution in [0.5, 0.6) is 0 Å². The lowest BCUT2D eigenvalue weighted by molar-refractivity contribution is -0.141. The first-order valence-electron chi connectivity index (χ1n) is 12.3. The van der Waals surface area contributed by atoms with Crippen molar-refractivity contribution in [2.45, 2.75) is 57.2 Å². The molecule has 8 heteroatoms. The molecule has 1 aliphatic rings. The molecule has 36 heavy (non-hydrogen) atoms. The van der Waals surface area contributed by atoms with Crippen LogP contribution < -0.4 is 0 Å². The number of alkyl halides is 2. The van der Waals surface area contributed by atoms with Gasteiger partial charge >= 0.3 is 17.9 Å². The molecule has 6 nitrogen and oxygen atoms in total. The largest absolute Gasteiger partial charge is 0.481 e. The highest BCUT2D eigenvalue weighted by atomic mass is 19.3. The molecule has 1 heterocycles. The Bertz CT molecular complexity index is 1020. The Hall–Kier alpha value is -3.26. The third-order valence-corrected chi connectivity index (χ3v) is 6.54. The minimum absolute atomic E-state index is 0.184. The fourth-order valence-corrected chi connectivity index (χ4v) is 4.31. The lowest BCUT2D eigenvalue weighted by Crippen LogP contribution is -2.35. The van der Waals surface area contributed by atoms with Crippen LogP contribution >= 0.6 is 0 Å². The number of hydrogen-bond acceptors (Lipinski definition) is 3. The molecule has 3 atom stereocenters. The zero-order valence-corrected chi connectivity index (χ0v) is 20.5. The SMILES string of the molecule is CC(CCCCCN1C(=O)N(Cc2ccccc2)C[C@@H]1C=CC(O)C(F)(F)c1ccccc1)C(=O)O. The number of aliphatic hydroxyl groups is 1. The van der Waals surface area contributed by atoms with Crippen LogP contribution in [0, 0.1) is 5.92 Å². The molecular formula is C28H34F2N2O4. The monoisotopic (exact) mass is 500 g/mol. The number of aliphatic hydroxyl groups excluding tert-OH is 1. The summed E-state index contributed by atoms with van der Waals surface area (Å²) in [5, 5.41) is 19.3. The molecule has 0 radical (unpaired) electrons. The summed E-state index contributed by atoms with van der Waals surface area (Å²) >= 11 is 0. The van der Waals surface area contributed by atoms with Crippen LogP contribution in [0.2, 0.25) is 0 Å². The maximum absolute atomic E-state index is 14.7. The van der Waals surface area contributed by atoms with Crippen molar-refractivity contribution in [3.05, 3.63) is 83.9 Å². The molecular weight excluding hydrogens is 466 g/mol. The predicted octanol–water partition coefficient (Wildman–Crippen LogP) is 5.28. The maximum Gasteiger partial charge on any atom is 0.320 e. The highest BCUT2D eigenvalue weighted by molar-refractivity contribution is 5.77. The number of benzene rings is 2. The zero-order valence-electron chi connectivity index (χ0n) is 20.5. The van der Waals surface area contributed by atoms with Crippen LogP contribution in [0.15, 0.2) is 72.8 Å². The maximum atomic E-state index is 14.7. The number of aliphatic carboxylic acids is 1. The first-order chi connectivity index (χ1) is 17.2. The minimum atomic E-state index is -3.46. The number of urea groups is 1. The van der Waals surface area contributed by atoms with Gasteiger partial charge in [0, 0.05) is 25.2 Å². The van der Waals surface area contributed by atoms with Crippen LogP contribution in [0.3, 0.4) is 0 Å². The Balaban J connectivity index is 1.67. The van der Waals surface area contributed by atoms with Gasteiger partial charge in [-0.15, -0.1) is 0 Å².